The topological polar surface area (TPSA) is 46.5 Å². The number of ether oxygens (including phenoxy) is 1. The highest BCUT2D eigenvalue weighted by molar-refractivity contribution is 5.89. The zero-order chi connectivity index (χ0) is 11.6. The molecule has 0 radical (unpaired) electrons. The first-order valence-corrected chi connectivity index (χ1v) is 4.33. The fourth-order valence-corrected chi connectivity index (χ4v) is 1.25. The van der Waals surface area contributed by atoms with Gasteiger partial charge in [-0.15, -0.1) is 0 Å². The van der Waals surface area contributed by atoms with Gasteiger partial charge in [0.05, 0.1) is 6.61 Å². The smallest absolute Gasteiger partial charge is 0.339 e. The lowest BCUT2D eigenvalue weighted by Crippen LogP contribution is -2.08. The Hall–Kier alpha value is -1.65. The van der Waals surface area contributed by atoms with Gasteiger partial charge in [0, 0.05) is 0 Å². The number of carboxylic acids is 1. The number of halogens is 2. The fraction of sp³-hybridized carbons (Fsp3) is 0.300. The zero-order valence-electron chi connectivity index (χ0n) is 8.30. The minimum absolute atomic E-state index is 0.129. The summed E-state index contributed by atoms with van der Waals surface area (Å²) in [5.41, 5.74) is -0.527. The molecule has 0 aliphatic carbocycles. The highest BCUT2D eigenvalue weighted by Gasteiger charge is 2.21. The van der Waals surface area contributed by atoms with Crippen molar-refractivity contribution >= 4 is 5.97 Å². The van der Waals surface area contributed by atoms with E-state index in [4.69, 9.17) is 9.84 Å². The van der Waals surface area contributed by atoms with Crippen LogP contribution in [0.25, 0.3) is 0 Å². The second-order valence-electron chi connectivity index (χ2n) is 2.93. The maximum absolute atomic E-state index is 13.3. The molecule has 5 heteroatoms. The van der Waals surface area contributed by atoms with Crippen molar-refractivity contribution in [1.29, 1.82) is 0 Å². The summed E-state index contributed by atoms with van der Waals surface area (Å²) in [6.45, 7) is 3.19. The molecular weight excluding hydrogens is 206 g/mol. The van der Waals surface area contributed by atoms with E-state index >= 15 is 0 Å². The average molecular weight is 216 g/mol. The molecule has 0 unspecified atom stereocenters. The molecule has 0 fully saturated rings. The lowest BCUT2D eigenvalue weighted by molar-refractivity contribution is 0.0689. The number of carboxylic acid groups (broad SMARTS) is 1. The summed E-state index contributed by atoms with van der Waals surface area (Å²) in [5.74, 6) is -4.41. The standard InChI is InChI=1S/C10H10F2O3/c1-3-15-6-4-5(2)7(10(13)14)9(12)8(6)11/h4H,3H2,1-2H3,(H,13,14). The number of rotatable bonds is 3. The molecular formula is C10H10F2O3. The van der Waals surface area contributed by atoms with Crippen molar-refractivity contribution in [2.45, 2.75) is 13.8 Å². The molecule has 0 heterocycles. The van der Waals surface area contributed by atoms with E-state index in [1.165, 1.54) is 13.0 Å². The molecule has 0 aliphatic heterocycles. The molecule has 0 aromatic heterocycles. The van der Waals surface area contributed by atoms with Crippen LogP contribution in [0.5, 0.6) is 5.75 Å². The van der Waals surface area contributed by atoms with E-state index in [-0.39, 0.29) is 17.9 Å². The van der Waals surface area contributed by atoms with Crippen molar-refractivity contribution in [3.8, 4) is 5.75 Å². The van der Waals surface area contributed by atoms with Crippen LogP contribution in [0.4, 0.5) is 8.78 Å². The Kier molecular flexibility index (Phi) is 3.24. The highest BCUT2D eigenvalue weighted by Crippen LogP contribution is 2.26. The molecule has 0 atom stereocenters. The van der Waals surface area contributed by atoms with Crippen LogP contribution in [-0.4, -0.2) is 17.7 Å². The van der Waals surface area contributed by atoms with Crippen molar-refractivity contribution in [3.05, 3.63) is 28.8 Å². The van der Waals surface area contributed by atoms with E-state index in [2.05, 4.69) is 0 Å². The van der Waals surface area contributed by atoms with Crippen LogP contribution in [0.2, 0.25) is 0 Å². The number of aromatic carboxylic acids is 1. The van der Waals surface area contributed by atoms with Gasteiger partial charge in [0.1, 0.15) is 5.56 Å². The van der Waals surface area contributed by atoms with Gasteiger partial charge >= 0.3 is 5.97 Å². The zero-order valence-corrected chi connectivity index (χ0v) is 8.30. The largest absolute Gasteiger partial charge is 0.491 e. The van der Waals surface area contributed by atoms with E-state index in [0.717, 1.165) is 0 Å². The van der Waals surface area contributed by atoms with Gasteiger partial charge in [0.2, 0.25) is 5.82 Å². The predicted molar refractivity (Wildman–Crippen MR) is 49.2 cm³/mol. The summed E-state index contributed by atoms with van der Waals surface area (Å²) in [6.07, 6.45) is 0. The Morgan fingerprint density at radius 1 is 1.47 bits per heavy atom. The van der Waals surface area contributed by atoms with Crippen molar-refractivity contribution in [3.63, 3.8) is 0 Å². The van der Waals surface area contributed by atoms with E-state index in [0.29, 0.717) is 0 Å². The van der Waals surface area contributed by atoms with Gasteiger partial charge in [-0.3, -0.25) is 0 Å². The first kappa shape index (κ1) is 11.4. The van der Waals surface area contributed by atoms with Gasteiger partial charge in [-0.2, -0.15) is 4.39 Å². The van der Waals surface area contributed by atoms with E-state index in [9.17, 15) is 13.6 Å². The molecule has 0 bridgehead atoms. The lowest BCUT2D eigenvalue weighted by atomic mass is 10.1. The number of benzene rings is 1. The Labute approximate surface area is 85.3 Å². The van der Waals surface area contributed by atoms with Crippen LogP contribution < -0.4 is 4.74 Å². The second kappa shape index (κ2) is 4.25. The summed E-state index contributed by atoms with van der Waals surface area (Å²) in [5, 5.41) is 8.64. The summed E-state index contributed by atoms with van der Waals surface area (Å²) >= 11 is 0. The van der Waals surface area contributed by atoms with Gasteiger partial charge < -0.3 is 9.84 Å². The van der Waals surface area contributed by atoms with E-state index in [1.54, 1.807) is 6.92 Å². The van der Waals surface area contributed by atoms with Crippen molar-refractivity contribution in [2.75, 3.05) is 6.61 Å². The molecule has 1 aromatic rings. The Balaban J connectivity index is 3.37. The van der Waals surface area contributed by atoms with Crippen LogP contribution in [0.3, 0.4) is 0 Å². The summed E-state index contributed by atoms with van der Waals surface area (Å²) < 4.78 is 31.3. The average Bonchev–Trinajstić information content (AvgIpc) is 2.13. The molecule has 0 spiro atoms. The van der Waals surface area contributed by atoms with Crippen LogP contribution in [-0.2, 0) is 0 Å². The van der Waals surface area contributed by atoms with Crippen LogP contribution in [0.15, 0.2) is 6.07 Å². The van der Waals surface area contributed by atoms with Crippen LogP contribution in [0, 0.1) is 18.6 Å². The maximum Gasteiger partial charge on any atom is 0.339 e. The van der Waals surface area contributed by atoms with Crippen molar-refractivity contribution in [2.24, 2.45) is 0 Å². The first-order valence-electron chi connectivity index (χ1n) is 4.33. The fourth-order valence-electron chi connectivity index (χ4n) is 1.25. The first-order chi connectivity index (χ1) is 6.99. The molecule has 1 aromatic carbocycles. The lowest BCUT2D eigenvalue weighted by Gasteiger charge is -2.09. The summed E-state index contributed by atoms with van der Waals surface area (Å²) in [7, 11) is 0. The van der Waals surface area contributed by atoms with Gasteiger partial charge in [0.25, 0.3) is 0 Å². The minimum atomic E-state index is -1.49. The minimum Gasteiger partial charge on any atom is -0.491 e. The van der Waals surface area contributed by atoms with E-state index in [1.807, 2.05) is 0 Å². The number of carbonyl (C=O) groups is 1. The number of aryl methyl sites for hydroxylation is 1. The van der Waals surface area contributed by atoms with Crippen LogP contribution in [0.1, 0.15) is 22.8 Å². The molecule has 0 amide bonds. The number of hydrogen-bond acceptors (Lipinski definition) is 2. The monoisotopic (exact) mass is 216 g/mol. The Morgan fingerprint density at radius 2 is 2.07 bits per heavy atom. The normalized spacial score (nSPS) is 10.1. The van der Waals surface area contributed by atoms with Gasteiger partial charge in [0.15, 0.2) is 11.6 Å². The molecule has 0 aliphatic rings. The molecule has 0 saturated carbocycles. The molecule has 15 heavy (non-hydrogen) atoms. The Bertz CT molecular complexity index is 402. The quantitative estimate of drug-likeness (QED) is 0.843. The molecule has 1 N–H and O–H groups in total. The van der Waals surface area contributed by atoms with Crippen molar-refractivity contribution < 1.29 is 23.4 Å². The highest BCUT2D eigenvalue weighted by atomic mass is 19.2. The maximum atomic E-state index is 13.3. The van der Waals surface area contributed by atoms with Crippen molar-refractivity contribution in [1.82, 2.24) is 0 Å². The van der Waals surface area contributed by atoms with E-state index < -0.39 is 23.2 Å². The third-order valence-electron chi connectivity index (χ3n) is 1.88. The van der Waals surface area contributed by atoms with Crippen LogP contribution >= 0.6 is 0 Å². The van der Waals surface area contributed by atoms with Gasteiger partial charge in [-0.1, -0.05) is 0 Å². The molecule has 3 nitrogen and oxygen atoms in total. The third-order valence-corrected chi connectivity index (χ3v) is 1.88. The van der Waals surface area contributed by atoms with Gasteiger partial charge in [-0.25, -0.2) is 9.18 Å². The summed E-state index contributed by atoms with van der Waals surface area (Å²) in [6, 6.07) is 1.17. The van der Waals surface area contributed by atoms with Gasteiger partial charge in [-0.05, 0) is 25.5 Å². The molecule has 82 valence electrons. The molecule has 0 saturated heterocycles. The SMILES string of the molecule is CCOc1cc(C)c(C(=O)O)c(F)c1F. The second-order valence-corrected chi connectivity index (χ2v) is 2.93. The third kappa shape index (κ3) is 2.06. The summed E-state index contributed by atoms with van der Waals surface area (Å²) in [4.78, 5) is 10.6. The molecule has 1 rings (SSSR count). The Morgan fingerprint density at radius 3 is 2.53 bits per heavy atom. The number of hydrogen-bond donors (Lipinski definition) is 1. The predicted octanol–water partition coefficient (Wildman–Crippen LogP) is 2.37.